The number of β-amino-alcohol motifs (C(OH)–C–C–N with tert-alkyl or cyclic N) is 1. The van der Waals surface area contributed by atoms with E-state index in [0.717, 1.165) is 45.3 Å². The summed E-state index contributed by atoms with van der Waals surface area (Å²) < 4.78 is 5.94. The van der Waals surface area contributed by atoms with Crippen LogP contribution < -0.4 is 5.32 Å². The molecule has 3 amide bonds. The van der Waals surface area contributed by atoms with Crippen LogP contribution in [-0.2, 0) is 9.53 Å². The third-order valence-corrected chi connectivity index (χ3v) is 7.92. The quantitative estimate of drug-likeness (QED) is 0.717. The Labute approximate surface area is 193 Å². The summed E-state index contributed by atoms with van der Waals surface area (Å²) >= 11 is 6.00. The molecule has 0 bridgehead atoms. The fraction of sp³-hybridized carbons (Fsp3) is 0.652. The lowest BCUT2D eigenvalue weighted by Crippen LogP contribution is -2.63. The van der Waals surface area contributed by atoms with Crippen LogP contribution in [0.2, 0.25) is 5.02 Å². The number of fused-ring (bicyclic) bond motifs is 1. The highest BCUT2D eigenvalue weighted by atomic mass is 35.5. The molecule has 0 radical (unpaired) electrons. The number of likely N-dealkylation sites (tertiary alicyclic amines) is 1. The zero-order valence-electron chi connectivity index (χ0n) is 18.4. The molecule has 4 fully saturated rings. The second-order valence-electron chi connectivity index (χ2n) is 9.67. The van der Waals surface area contributed by atoms with Gasteiger partial charge < -0.3 is 29.9 Å². The molecule has 4 aliphatic rings. The van der Waals surface area contributed by atoms with Crippen LogP contribution in [-0.4, -0.2) is 88.9 Å². The van der Waals surface area contributed by atoms with Crippen molar-refractivity contribution in [2.45, 2.75) is 57.0 Å². The number of hydrogen-bond acceptors (Lipinski definition) is 5. The topological polar surface area (TPSA) is 85.4 Å². The van der Waals surface area contributed by atoms with Gasteiger partial charge in [-0.1, -0.05) is 17.7 Å². The van der Waals surface area contributed by atoms with Crippen molar-refractivity contribution in [3.05, 3.63) is 29.3 Å². The zero-order chi connectivity index (χ0) is 22.5. The number of carbonyl (C=O) groups is 2. The van der Waals surface area contributed by atoms with E-state index >= 15 is 0 Å². The predicted octanol–water partition coefficient (Wildman–Crippen LogP) is 2.37. The lowest BCUT2D eigenvalue weighted by molar-refractivity contribution is -0.150. The van der Waals surface area contributed by atoms with Gasteiger partial charge in [0, 0.05) is 23.8 Å². The van der Waals surface area contributed by atoms with E-state index in [2.05, 4.69) is 10.2 Å². The van der Waals surface area contributed by atoms with Gasteiger partial charge >= 0.3 is 6.03 Å². The molecule has 9 heteroatoms. The molecule has 1 spiro atoms. The minimum atomic E-state index is -0.568. The zero-order valence-corrected chi connectivity index (χ0v) is 19.1. The van der Waals surface area contributed by atoms with Gasteiger partial charge in [-0.25, -0.2) is 4.79 Å². The summed E-state index contributed by atoms with van der Waals surface area (Å²) in [5, 5.41) is 13.8. The number of amides is 3. The van der Waals surface area contributed by atoms with Crippen molar-refractivity contribution < 1.29 is 19.4 Å². The number of ether oxygens (including phenoxy) is 1. The normalized spacial score (nSPS) is 31.7. The summed E-state index contributed by atoms with van der Waals surface area (Å²) in [7, 11) is 0. The van der Waals surface area contributed by atoms with Crippen molar-refractivity contribution in [3.8, 4) is 0 Å². The van der Waals surface area contributed by atoms with Gasteiger partial charge in [0.25, 0.3) is 0 Å². The Morgan fingerprint density at radius 1 is 1.31 bits per heavy atom. The van der Waals surface area contributed by atoms with Crippen LogP contribution in [0.5, 0.6) is 0 Å². The summed E-state index contributed by atoms with van der Waals surface area (Å²) in [6, 6.07) is 6.04. The van der Waals surface area contributed by atoms with Crippen LogP contribution in [0.4, 0.5) is 10.5 Å². The Balaban J connectivity index is 1.17. The lowest BCUT2D eigenvalue weighted by Gasteiger charge is -2.42. The first-order valence-electron chi connectivity index (χ1n) is 11.5. The largest absolute Gasteiger partial charge is 0.391 e. The maximum Gasteiger partial charge on any atom is 0.322 e. The van der Waals surface area contributed by atoms with Crippen molar-refractivity contribution >= 4 is 29.2 Å². The third kappa shape index (κ3) is 4.09. The molecular formula is C23H31ClN4O4. The number of aliphatic hydroxyl groups excluding tert-OH is 1. The fourth-order valence-electron chi connectivity index (χ4n) is 5.35. The molecule has 2 N–H and O–H groups in total. The average Bonchev–Trinajstić information content (AvgIpc) is 3.43. The van der Waals surface area contributed by atoms with Gasteiger partial charge in [-0.2, -0.15) is 0 Å². The van der Waals surface area contributed by atoms with Gasteiger partial charge in [-0.05, 0) is 62.8 Å². The van der Waals surface area contributed by atoms with Gasteiger partial charge in [-0.15, -0.1) is 0 Å². The van der Waals surface area contributed by atoms with E-state index in [1.165, 1.54) is 4.90 Å². The molecule has 1 unspecified atom stereocenters. The standard InChI is InChI=1S/C23H31ClN4O4/c1-15-21(30)28-18(5-9-26-10-8-23(6-7-23)19(29)12-26)14-32-20(28)13-27(15)22(31)25-17-4-2-3-16(24)11-17/h2-4,11,15,18-20,29H,5-10,12-14H2,1H3,(H,25,31)/t15-,18-,19+,20?/m0/s1. The molecule has 1 aromatic rings. The molecule has 3 aliphatic heterocycles. The Kier molecular flexibility index (Phi) is 5.82. The van der Waals surface area contributed by atoms with Gasteiger partial charge in [-0.3, -0.25) is 4.79 Å². The molecule has 1 aliphatic carbocycles. The van der Waals surface area contributed by atoms with Crippen molar-refractivity contribution in [3.63, 3.8) is 0 Å². The van der Waals surface area contributed by atoms with Crippen LogP contribution in [0.3, 0.4) is 0 Å². The molecule has 32 heavy (non-hydrogen) atoms. The Morgan fingerprint density at radius 3 is 2.84 bits per heavy atom. The molecular weight excluding hydrogens is 432 g/mol. The van der Waals surface area contributed by atoms with Crippen molar-refractivity contribution in [2.24, 2.45) is 5.41 Å². The number of carbonyl (C=O) groups excluding carboxylic acids is 2. The summed E-state index contributed by atoms with van der Waals surface area (Å²) in [5.41, 5.74) is 0.789. The number of piperidine rings is 1. The maximum absolute atomic E-state index is 13.2. The highest BCUT2D eigenvalue weighted by Gasteiger charge is 2.51. The van der Waals surface area contributed by atoms with Crippen LogP contribution in [0.15, 0.2) is 24.3 Å². The van der Waals surface area contributed by atoms with Crippen LogP contribution in [0, 0.1) is 5.41 Å². The number of urea groups is 1. The van der Waals surface area contributed by atoms with E-state index < -0.39 is 12.3 Å². The minimum absolute atomic E-state index is 0.00189. The molecule has 174 valence electrons. The van der Waals surface area contributed by atoms with Crippen molar-refractivity contribution in [1.29, 1.82) is 0 Å². The number of piperazine rings is 1. The smallest absolute Gasteiger partial charge is 0.322 e. The molecule has 4 atom stereocenters. The number of halogens is 1. The average molecular weight is 463 g/mol. The number of nitrogens with one attached hydrogen (secondary N) is 1. The summed E-state index contributed by atoms with van der Waals surface area (Å²) in [6.45, 7) is 5.15. The third-order valence-electron chi connectivity index (χ3n) is 7.69. The summed E-state index contributed by atoms with van der Waals surface area (Å²) in [6.07, 6.45) is 3.53. The first kappa shape index (κ1) is 21.9. The van der Waals surface area contributed by atoms with E-state index in [1.807, 2.05) is 4.90 Å². The SMILES string of the molecule is C[C@H]1C(=O)N2C(CN1C(=O)Nc1cccc(Cl)c1)OC[C@@H]2CCN1CCC2(CC2)[C@H](O)C1. The summed E-state index contributed by atoms with van der Waals surface area (Å²) in [5.74, 6) is -0.0828. The Morgan fingerprint density at radius 2 is 2.12 bits per heavy atom. The fourth-order valence-corrected chi connectivity index (χ4v) is 5.54. The molecule has 0 aromatic heterocycles. The molecule has 3 saturated heterocycles. The highest BCUT2D eigenvalue weighted by Crippen LogP contribution is 2.53. The number of aliphatic hydroxyl groups is 1. The minimum Gasteiger partial charge on any atom is -0.391 e. The van der Waals surface area contributed by atoms with Gasteiger partial charge in [0.15, 0.2) is 6.23 Å². The number of nitrogens with zero attached hydrogens (tertiary/aromatic N) is 3. The first-order chi connectivity index (χ1) is 15.4. The first-order valence-corrected chi connectivity index (χ1v) is 11.9. The summed E-state index contributed by atoms with van der Waals surface area (Å²) in [4.78, 5) is 31.7. The van der Waals surface area contributed by atoms with Crippen LogP contribution >= 0.6 is 11.6 Å². The Bertz CT molecular complexity index is 895. The van der Waals surface area contributed by atoms with Crippen LogP contribution in [0.1, 0.15) is 32.6 Å². The predicted molar refractivity (Wildman–Crippen MR) is 120 cm³/mol. The highest BCUT2D eigenvalue weighted by molar-refractivity contribution is 6.30. The van der Waals surface area contributed by atoms with Gasteiger partial charge in [0.2, 0.25) is 5.91 Å². The molecule has 8 nitrogen and oxygen atoms in total. The van der Waals surface area contributed by atoms with Gasteiger partial charge in [0.05, 0.1) is 25.3 Å². The van der Waals surface area contributed by atoms with E-state index in [4.69, 9.17) is 16.3 Å². The van der Waals surface area contributed by atoms with E-state index in [0.29, 0.717) is 23.9 Å². The molecule has 1 aromatic carbocycles. The number of anilines is 1. The second-order valence-corrected chi connectivity index (χ2v) is 10.1. The van der Waals surface area contributed by atoms with Crippen molar-refractivity contribution in [1.82, 2.24) is 14.7 Å². The number of benzene rings is 1. The van der Waals surface area contributed by atoms with E-state index in [-0.39, 0.29) is 29.5 Å². The lowest BCUT2D eigenvalue weighted by atomic mass is 9.90. The molecule has 3 heterocycles. The molecule has 1 saturated carbocycles. The van der Waals surface area contributed by atoms with Crippen molar-refractivity contribution in [2.75, 3.05) is 38.1 Å². The Hall–Kier alpha value is -1.87. The van der Waals surface area contributed by atoms with E-state index in [9.17, 15) is 14.7 Å². The number of rotatable bonds is 4. The van der Waals surface area contributed by atoms with Gasteiger partial charge in [0.1, 0.15) is 6.04 Å². The van der Waals surface area contributed by atoms with Crippen LogP contribution in [0.25, 0.3) is 0 Å². The number of hydrogen-bond donors (Lipinski definition) is 2. The second kappa shape index (κ2) is 8.48. The monoisotopic (exact) mass is 462 g/mol. The maximum atomic E-state index is 13.2. The van der Waals surface area contributed by atoms with E-state index in [1.54, 1.807) is 31.2 Å². The molecule has 5 rings (SSSR count).